The number of hydrogen-bond donors (Lipinski definition) is 1. The summed E-state index contributed by atoms with van der Waals surface area (Å²) in [5.74, 6) is 0. The lowest BCUT2D eigenvalue weighted by molar-refractivity contribution is 0.127. The molecule has 1 aliphatic heterocycles. The zero-order valence-electron chi connectivity index (χ0n) is 12.4. The fraction of sp³-hybridized carbons (Fsp3) is 0.625. The van der Waals surface area contributed by atoms with Crippen molar-refractivity contribution in [3.63, 3.8) is 0 Å². The molecule has 1 aromatic rings. The summed E-state index contributed by atoms with van der Waals surface area (Å²) in [5, 5.41) is 0. The Bertz CT molecular complexity index is 395. The van der Waals surface area contributed by atoms with E-state index < -0.39 is 0 Å². The summed E-state index contributed by atoms with van der Waals surface area (Å²) < 4.78 is 0. The maximum Gasteiger partial charge on any atom is 0.0237 e. The summed E-state index contributed by atoms with van der Waals surface area (Å²) >= 11 is 0. The lowest BCUT2D eigenvalue weighted by Gasteiger charge is -2.34. The topological polar surface area (TPSA) is 32.5 Å². The molecule has 2 rings (SSSR count). The Hall–Kier alpha value is -0.900. The zero-order valence-corrected chi connectivity index (χ0v) is 12.4. The molecule has 0 aromatic heterocycles. The van der Waals surface area contributed by atoms with E-state index in [1.54, 1.807) is 0 Å². The Morgan fingerprint density at radius 3 is 2.37 bits per heavy atom. The van der Waals surface area contributed by atoms with Crippen LogP contribution in [0.15, 0.2) is 18.2 Å². The molecule has 0 atom stereocenters. The summed E-state index contributed by atoms with van der Waals surface area (Å²) in [6.45, 7) is 12.2. The fourth-order valence-electron chi connectivity index (χ4n) is 2.79. The fourth-order valence-corrected chi connectivity index (χ4v) is 2.79. The summed E-state index contributed by atoms with van der Waals surface area (Å²) in [7, 11) is 0. The minimum Gasteiger partial charge on any atom is -0.326 e. The first kappa shape index (κ1) is 14.5. The predicted octanol–water partition coefficient (Wildman–Crippen LogP) is 1.98. The molecule has 0 spiro atoms. The van der Waals surface area contributed by atoms with E-state index in [1.807, 2.05) is 0 Å². The molecule has 3 nitrogen and oxygen atoms in total. The molecular formula is C16H27N3. The number of piperazine rings is 1. The van der Waals surface area contributed by atoms with Gasteiger partial charge in [-0.25, -0.2) is 0 Å². The molecule has 2 N–H and O–H groups in total. The van der Waals surface area contributed by atoms with Crippen molar-refractivity contribution < 1.29 is 0 Å². The maximum absolute atomic E-state index is 5.68. The van der Waals surface area contributed by atoms with E-state index in [2.05, 4.69) is 41.8 Å². The molecule has 1 fully saturated rings. The second-order valence-corrected chi connectivity index (χ2v) is 5.58. The average Bonchev–Trinajstić information content (AvgIpc) is 2.43. The number of hydrogen-bond acceptors (Lipinski definition) is 3. The molecule has 0 radical (unpaired) electrons. The highest BCUT2D eigenvalue weighted by molar-refractivity contribution is 5.31. The molecule has 1 aromatic carbocycles. The maximum atomic E-state index is 5.68. The number of rotatable bonds is 5. The van der Waals surface area contributed by atoms with Crippen LogP contribution < -0.4 is 5.73 Å². The van der Waals surface area contributed by atoms with Crippen molar-refractivity contribution >= 4 is 0 Å². The minimum atomic E-state index is 0.636. The molecule has 1 heterocycles. The molecule has 1 saturated heterocycles. The molecular weight excluding hydrogens is 234 g/mol. The van der Waals surface area contributed by atoms with Gasteiger partial charge >= 0.3 is 0 Å². The molecule has 1 aliphatic rings. The SMILES string of the molecule is CCCN1CCN(Cc2ccc(CN)cc2C)CC1. The summed E-state index contributed by atoms with van der Waals surface area (Å²) in [6.07, 6.45) is 1.26. The smallest absolute Gasteiger partial charge is 0.0237 e. The second kappa shape index (κ2) is 7.04. The van der Waals surface area contributed by atoms with Gasteiger partial charge in [0.05, 0.1) is 0 Å². The van der Waals surface area contributed by atoms with Crippen LogP contribution in [-0.4, -0.2) is 42.5 Å². The molecule has 106 valence electrons. The van der Waals surface area contributed by atoms with Gasteiger partial charge in [-0.3, -0.25) is 4.90 Å². The van der Waals surface area contributed by atoms with Crippen molar-refractivity contribution in [1.82, 2.24) is 9.80 Å². The monoisotopic (exact) mass is 261 g/mol. The van der Waals surface area contributed by atoms with Gasteiger partial charge in [0.25, 0.3) is 0 Å². The number of benzene rings is 1. The van der Waals surface area contributed by atoms with Crippen molar-refractivity contribution in [3.8, 4) is 0 Å². The van der Waals surface area contributed by atoms with E-state index in [4.69, 9.17) is 5.73 Å². The second-order valence-electron chi connectivity index (χ2n) is 5.58. The van der Waals surface area contributed by atoms with Gasteiger partial charge in [0.2, 0.25) is 0 Å². The van der Waals surface area contributed by atoms with Crippen molar-refractivity contribution in [1.29, 1.82) is 0 Å². The van der Waals surface area contributed by atoms with Crippen LogP contribution >= 0.6 is 0 Å². The van der Waals surface area contributed by atoms with Gasteiger partial charge in [0.15, 0.2) is 0 Å². The lowest BCUT2D eigenvalue weighted by Crippen LogP contribution is -2.46. The van der Waals surface area contributed by atoms with E-state index in [0.717, 1.165) is 6.54 Å². The van der Waals surface area contributed by atoms with Gasteiger partial charge in [-0.1, -0.05) is 25.1 Å². The van der Waals surface area contributed by atoms with Crippen molar-refractivity contribution in [3.05, 3.63) is 34.9 Å². The summed E-state index contributed by atoms with van der Waals surface area (Å²) in [4.78, 5) is 5.14. The normalized spacial score (nSPS) is 17.8. The van der Waals surface area contributed by atoms with Crippen LogP contribution in [0.4, 0.5) is 0 Å². The van der Waals surface area contributed by atoms with Gasteiger partial charge in [0, 0.05) is 39.3 Å². The largest absolute Gasteiger partial charge is 0.326 e. The van der Waals surface area contributed by atoms with Crippen molar-refractivity contribution in [2.24, 2.45) is 5.73 Å². The van der Waals surface area contributed by atoms with Gasteiger partial charge in [-0.15, -0.1) is 0 Å². The Morgan fingerprint density at radius 1 is 1.11 bits per heavy atom. The molecule has 3 heteroatoms. The number of aryl methyl sites for hydroxylation is 1. The summed E-state index contributed by atoms with van der Waals surface area (Å²) in [5.41, 5.74) is 9.73. The third-order valence-corrected chi connectivity index (χ3v) is 4.04. The van der Waals surface area contributed by atoms with Gasteiger partial charge < -0.3 is 10.6 Å². The van der Waals surface area contributed by atoms with Crippen LogP contribution in [0.2, 0.25) is 0 Å². The Kier molecular flexibility index (Phi) is 5.37. The van der Waals surface area contributed by atoms with E-state index in [9.17, 15) is 0 Å². The van der Waals surface area contributed by atoms with Crippen LogP contribution in [0, 0.1) is 6.92 Å². The Labute approximate surface area is 117 Å². The van der Waals surface area contributed by atoms with Crippen LogP contribution in [0.25, 0.3) is 0 Å². The summed E-state index contributed by atoms with van der Waals surface area (Å²) in [6, 6.07) is 6.63. The van der Waals surface area contributed by atoms with Crippen LogP contribution in [-0.2, 0) is 13.1 Å². The van der Waals surface area contributed by atoms with Crippen LogP contribution in [0.5, 0.6) is 0 Å². The lowest BCUT2D eigenvalue weighted by atomic mass is 10.0. The quantitative estimate of drug-likeness (QED) is 0.880. The first-order chi connectivity index (χ1) is 9.22. The minimum absolute atomic E-state index is 0.636. The van der Waals surface area contributed by atoms with Crippen LogP contribution in [0.1, 0.15) is 30.0 Å². The molecule has 0 saturated carbocycles. The van der Waals surface area contributed by atoms with Gasteiger partial charge in [-0.05, 0) is 36.6 Å². The number of nitrogens with two attached hydrogens (primary N) is 1. The predicted molar refractivity (Wildman–Crippen MR) is 81.1 cm³/mol. The zero-order chi connectivity index (χ0) is 13.7. The third-order valence-electron chi connectivity index (χ3n) is 4.04. The van der Waals surface area contributed by atoms with Crippen molar-refractivity contribution in [2.75, 3.05) is 32.7 Å². The highest BCUT2D eigenvalue weighted by Gasteiger charge is 2.16. The number of nitrogens with zero attached hydrogens (tertiary/aromatic N) is 2. The standard InChI is InChI=1S/C16H27N3/c1-3-6-18-7-9-19(10-8-18)13-16-5-4-15(12-17)11-14(16)2/h4-5,11H,3,6-10,12-13,17H2,1-2H3. The highest BCUT2D eigenvalue weighted by atomic mass is 15.3. The van der Waals surface area contributed by atoms with E-state index >= 15 is 0 Å². The Morgan fingerprint density at radius 2 is 1.79 bits per heavy atom. The highest BCUT2D eigenvalue weighted by Crippen LogP contribution is 2.14. The molecule has 19 heavy (non-hydrogen) atoms. The van der Waals surface area contributed by atoms with Gasteiger partial charge in [0.1, 0.15) is 0 Å². The third kappa shape index (κ3) is 4.03. The molecule has 0 unspecified atom stereocenters. The molecule has 0 amide bonds. The van der Waals surface area contributed by atoms with E-state index in [1.165, 1.54) is 55.8 Å². The van der Waals surface area contributed by atoms with Crippen LogP contribution in [0.3, 0.4) is 0 Å². The molecule has 0 bridgehead atoms. The average molecular weight is 261 g/mol. The van der Waals surface area contributed by atoms with E-state index in [0.29, 0.717) is 6.54 Å². The first-order valence-electron chi connectivity index (χ1n) is 7.46. The molecule has 0 aliphatic carbocycles. The van der Waals surface area contributed by atoms with Gasteiger partial charge in [-0.2, -0.15) is 0 Å². The van der Waals surface area contributed by atoms with E-state index in [-0.39, 0.29) is 0 Å². The Balaban J connectivity index is 1.88. The first-order valence-corrected chi connectivity index (χ1v) is 7.46. The van der Waals surface area contributed by atoms with Crippen molar-refractivity contribution in [2.45, 2.75) is 33.4 Å².